The van der Waals surface area contributed by atoms with Crippen molar-refractivity contribution in [3.63, 3.8) is 0 Å². The standard InChI is InChI=1S/C18H16ClN5S/c1-12-4-3-5-16(8-12)24-13(2)21-22-18(24)25-11-15-10-23-9-14(19)6-7-17(23)20-15/h3-10H,11H2,1-2H3. The quantitative estimate of drug-likeness (QED) is 0.498. The second-order valence-corrected chi connectivity index (χ2v) is 7.22. The summed E-state index contributed by atoms with van der Waals surface area (Å²) in [7, 11) is 0. The Morgan fingerprint density at radius 3 is 2.80 bits per heavy atom. The third-order valence-corrected chi connectivity index (χ3v) is 5.06. The van der Waals surface area contributed by atoms with Gasteiger partial charge in [-0.25, -0.2) is 4.98 Å². The number of nitrogens with zero attached hydrogens (tertiary/aromatic N) is 5. The number of pyridine rings is 1. The van der Waals surface area contributed by atoms with Crippen molar-refractivity contribution in [2.24, 2.45) is 0 Å². The van der Waals surface area contributed by atoms with E-state index in [-0.39, 0.29) is 0 Å². The molecule has 3 heterocycles. The molecule has 0 spiro atoms. The number of fused-ring (bicyclic) bond motifs is 1. The first-order valence-electron chi connectivity index (χ1n) is 7.85. The number of hydrogen-bond acceptors (Lipinski definition) is 4. The number of halogens is 1. The SMILES string of the molecule is Cc1cccc(-n2c(C)nnc2SCc2cn3cc(Cl)ccc3n2)c1. The van der Waals surface area contributed by atoms with Crippen molar-refractivity contribution in [2.45, 2.75) is 24.8 Å². The van der Waals surface area contributed by atoms with Gasteiger partial charge in [-0.1, -0.05) is 35.5 Å². The summed E-state index contributed by atoms with van der Waals surface area (Å²) in [6.45, 7) is 4.05. The molecule has 0 aliphatic carbocycles. The van der Waals surface area contributed by atoms with E-state index >= 15 is 0 Å². The third-order valence-electron chi connectivity index (χ3n) is 3.87. The lowest BCUT2D eigenvalue weighted by atomic mass is 10.2. The van der Waals surface area contributed by atoms with E-state index in [0.29, 0.717) is 10.8 Å². The van der Waals surface area contributed by atoms with Crippen LogP contribution in [0.1, 0.15) is 17.1 Å². The van der Waals surface area contributed by atoms with Gasteiger partial charge in [-0.15, -0.1) is 10.2 Å². The van der Waals surface area contributed by atoms with E-state index in [2.05, 4.69) is 44.9 Å². The van der Waals surface area contributed by atoms with Crippen LogP contribution in [0.15, 0.2) is 53.9 Å². The molecule has 0 saturated heterocycles. The molecule has 4 rings (SSSR count). The molecule has 0 unspecified atom stereocenters. The molecule has 0 aliphatic rings. The lowest BCUT2D eigenvalue weighted by Crippen LogP contribution is -1.99. The Balaban J connectivity index is 1.61. The highest BCUT2D eigenvalue weighted by molar-refractivity contribution is 7.98. The maximum Gasteiger partial charge on any atom is 0.196 e. The van der Waals surface area contributed by atoms with Crippen molar-refractivity contribution in [3.8, 4) is 5.69 Å². The summed E-state index contributed by atoms with van der Waals surface area (Å²) in [6, 6.07) is 12.1. The van der Waals surface area contributed by atoms with Crippen LogP contribution in [0, 0.1) is 13.8 Å². The van der Waals surface area contributed by atoms with Gasteiger partial charge in [0.05, 0.1) is 10.7 Å². The van der Waals surface area contributed by atoms with Crippen molar-refractivity contribution in [1.29, 1.82) is 0 Å². The summed E-state index contributed by atoms with van der Waals surface area (Å²) >= 11 is 7.65. The average molecular weight is 370 g/mol. The first-order valence-corrected chi connectivity index (χ1v) is 9.21. The molecule has 0 fully saturated rings. The van der Waals surface area contributed by atoms with Gasteiger partial charge in [-0.2, -0.15) is 0 Å². The molecular formula is C18H16ClN5S. The van der Waals surface area contributed by atoms with Crippen LogP contribution in [0.2, 0.25) is 5.02 Å². The fourth-order valence-corrected chi connectivity index (χ4v) is 3.78. The molecule has 0 saturated carbocycles. The Kier molecular flexibility index (Phi) is 4.23. The Morgan fingerprint density at radius 2 is 1.96 bits per heavy atom. The Labute approximate surface area is 154 Å². The summed E-state index contributed by atoms with van der Waals surface area (Å²) in [5.74, 6) is 1.58. The molecule has 0 N–H and O–H groups in total. The summed E-state index contributed by atoms with van der Waals surface area (Å²) in [4.78, 5) is 4.62. The largest absolute Gasteiger partial charge is 0.305 e. The second kappa shape index (κ2) is 6.54. The van der Waals surface area contributed by atoms with Gasteiger partial charge in [0, 0.05) is 23.8 Å². The Morgan fingerprint density at radius 1 is 1.08 bits per heavy atom. The van der Waals surface area contributed by atoms with E-state index in [1.54, 1.807) is 11.8 Å². The van der Waals surface area contributed by atoms with Crippen molar-refractivity contribution < 1.29 is 0 Å². The molecule has 126 valence electrons. The van der Waals surface area contributed by atoms with Crippen LogP contribution in [0.5, 0.6) is 0 Å². The summed E-state index contributed by atoms with van der Waals surface area (Å²) in [6.07, 6.45) is 3.85. The zero-order valence-corrected chi connectivity index (χ0v) is 15.4. The van der Waals surface area contributed by atoms with E-state index in [1.165, 1.54) is 5.56 Å². The molecular weight excluding hydrogens is 354 g/mol. The molecule has 5 nitrogen and oxygen atoms in total. The van der Waals surface area contributed by atoms with Gasteiger partial charge in [0.25, 0.3) is 0 Å². The van der Waals surface area contributed by atoms with Gasteiger partial charge in [0.1, 0.15) is 11.5 Å². The monoisotopic (exact) mass is 369 g/mol. The number of aromatic nitrogens is 5. The molecule has 0 bridgehead atoms. The molecule has 4 aromatic rings. The minimum absolute atomic E-state index is 0.693. The van der Waals surface area contributed by atoms with Crippen LogP contribution in [0.3, 0.4) is 0 Å². The molecule has 25 heavy (non-hydrogen) atoms. The second-order valence-electron chi connectivity index (χ2n) is 5.84. The zero-order chi connectivity index (χ0) is 17.4. The van der Waals surface area contributed by atoms with E-state index in [0.717, 1.165) is 28.0 Å². The van der Waals surface area contributed by atoms with Gasteiger partial charge in [0.2, 0.25) is 0 Å². The number of aryl methyl sites for hydroxylation is 2. The fourth-order valence-electron chi connectivity index (χ4n) is 2.73. The minimum atomic E-state index is 0.693. The normalized spacial score (nSPS) is 11.3. The molecule has 0 aliphatic heterocycles. The molecule has 0 atom stereocenters. The van der Waals surface area contributed by atoms with E-state index in [1.807, 2.05) is 41.9 Å². The van der Waals surface area contributed by atoms with E-state index in [9.17, 15) is 0 Å². The van der Waals surface area contributed by atoms with Crippen LogP contribution < -0.4 is 0 Å². The van der Waals surface area contributed by atoms with Crippen LogP contribution in [0.4, 0.5) is 0 Å². The molecule has 0 amide bonds. The Bertz CT molecular complexity index is 1050. The average Bonchev–Trinajstić information content (AvgIpc) is 3.15. The highest BCUT2D eigenvalue weighted by atomic mass is 35.5. The van der Waals surface area contributed by atoms with E-state index < -0.39 is 0 Å². The van der Waals surface area contributed by atoms with Crippen LogP contribution in [0.25, 0.3) is 11.3 Å². The van der Waals surface area contributed by atoms with Gasteiger partial charge in [0.15, 0.2) is 5.16 Å². The smallest absolute Gasteiger partial charge is 0.196 e. The third kappa shape index (κ3) is 3.27. The minimum Gasteiger partial charge on any atom is -0.305 e. The van der Waals surface area contributed by atoms with Crippen molar-refractivity contribution in [2.75, 3.05) is 0 Å². The summed E-state index contributed by atoms with van der Waals surface area (Å²) in [5.41, 5.74) is 4.14. The number of thioether (sulfide) groups is 1. The van der Waals surface area contributed by atoms with Gasteiger partial charge in [-0.3, -0.25) is 4.57 Å². The zero-order valence-electron chi connectivity index (χ0n) is 13.8. The van der Waals surface area contributed by atoms with Gasteiger partial charge >= 0.3 is 0 Å². The number of hydrogen-bond donors (Lipinski definition) is 0. The van der Waals surface area contributed by atoms with Gasteiger partial charge < -0.3 is 4.40 Å². The highest BCUT2D eigenvalue weighted by Crippen LogP contribution is 2.25. The molecule has 1 aromatic carbocycles. The van der Waals surface area contributed by atoms with Crippen LogP contribution in [-0.4, -0.2) is 24.1 Å². The van der Waals surface area contributed by atoms with Crippen molar-refractivity contribution in [3.05, 3.63) is 70.9 Å². The van der Waals surface area contributed by atoms with Gasteiger partial charge in [-0.05, 0) is 43.7 Å². The van der Waals surface area contributed by atoms with Crippen molar-refractivity contribution >= 4 is 29.0 Å². The van der Waals surface area contributed by atoms with Crippen LogP contribution >= 0.6 is 23.4 Å². The summed E-state index contributed by atoms with van der Waals surface area (Å²) in [5, 5.41) is 10.1. The van der Waals surface area contributed by atoms with Crippen molar-refractivity contribution in [1.82, 2.24) is 24.1 Å². The van der Waals surface area contributed by atoms with E-state index in [4.69, 9.17) is 11.6 Å². The number of benzene rings is 1. The lowest BCUT2D eigenvalue weighted by molar-refractivity contribution is 0.866. The highest BCUT2D eigenvalue weighted by Gasteiger charge is 2.13. The predicted octanol–water partition coefficient (Wildman–Crippen LogP) is 4.48. The first kappa shape index (κ1) is 16.2. The predicted molar refractivity (Wildman–Crippen MR) is 101 cm³/mol. The van der Waals surface area contributed by atoms with Crippen LogP contribution in [-0.2, 0) is 5.75 Å². The lowest BCUT2D eigenvalue weighted by Gasteiger charge is -2.08. The molecule has 0 radical (unpaired) electrons. The number of imidazole rings is 1. The Hall–Kier alpha value is -2.31. The molecule has 7 heteroatoms. The number of rotatable bonds is 4. The summed E-state index contributed by atoms with van der Waals surface area (Å²) < 4.78 is 4.01. The maximum atomic E-state index is 6.03. The fraction of sp³-hybridized carbons (Fsp3) is 0.167. The maximum absolute atomic E-state index is 6.03. The topological polar surface area (TPSA) is 48.0 Å². The first-order chi connectivity index (χ1) is 12.1. The molecule has 3 aromatic heterocycles.